The van der Waals surface area contributed by atoms with E-state index in [1.807, 2.05) is 6.92 Å². The van der Waals surface area contributed by atoms with Crippen molar-refractivity contribution >= 4 is 34.5 Å². The summed E-state index contributed by atoms with van der Waals surface area (Å²) in [6.45, 7) is 2.57. The third kappa shape index (κ3) is 3.93. The van der Waals surface area contributed by atoms with Crippen LogP contribution in [0.2, 0.25) is 0 Å². The fourth-order valence-corrected chi connectivity index (χ4v) is 4.19. The second-order valence-electron chi connectivity index (χ2n) is 8.94. The van der Waals surface area contributed by atoms with Crippen LogP contribution < -0.4 is 10.9 Å². The zero-order valence-corrected chi connectivity index (χ0v) is 18.3. The molecule has 3 aromatic rings. The fraction of sp³-hybridized carbons (Fsp3) is 0.348. The van der Waals surface area contributed by atoms with E-state index in [-0.39, 0.29) is 41.2 Å². The number of aromatic nitrogens is 2. The van der Waals surface area contributed by atoms with Crippen molar-refractivity contribution in [2.24, 2.45) is 5.41 Å². The minimum atomic E-state index is -0.915. The molecule has 2 N–H and O–H groups in total. The fourth-order valence-electron chi connectivity index (χ4n) is 4.19. The molecule has 3 heterocycles. The number of rotatable bonds is 3. The van der Waals surface area contributed by atoms with Crippen LogP contribution in [-0.2, 0) is 14.4 Å². The number of carbonyl (C=O) groups excluding carboxylic acids is 3. The molecule has 3 amide bonds. The molecule has 1 saturated carbocycles. The molecule has 5 rings (SSSR count). The van der Waals surface area contributed by atoms with Gasteiger partial charge in [0.2, 0.25) is 5.91 Å². The maximum absolute atomic E-state index is 13.5. The summed E-state index contributed by atoms with van der Waals surface area (Å²) >= 11 is 0. The molecule has 34 heavy (non-hydrogen) atoms. The van der Waals surface area contributed by atoms with Crippen molar-refractivity contribution < 1.29 is 23.3 Å². The maximum atomic E-state index is 13.5. The average molecular weight is 467 g/mol. The number of pyridine rings is 1. The number of nitrogens with zero attached hydrogens (tertiary/aromatic N) is 3. The third-order valence-corrected chi connectivity index (χ3v) is 6.49. The lowest BCUT2D eigenvalue weighted by Gasteiger charge is -2.42. The number of carbonyl (C=O) groups is 3. The van der Waals surface area contributed by atoms with E-state index in [4.69, 9.17) is 4.52 Å². The van der Waals surface area contributed by atoms with E-state index in [1.165, 1.54) is 29.3 Å². The Morgan fingerprint density at radius 3 is 2.65 bits per heavy atom. The molecule has 0 spiro atoms. The van der Waals surface area contributed by atoms with Crippen molar-refractivity contribution in [2.45, 2.75) is 25.8 Å². The van der Waals surface area contributed by atoms with Crippen LogP contribution in [0.4, 0.5) is 10.1 Å². The van der Waals surface area contributed by atoms with Crippen molar-refractivity contribution in [1.29, 1.82) is 0 Å². The van der Waals surface area contributed by atoms with Crippen LogP contribution in [0.5, 0.6) is 0 Å². The topological polar surface area (TPSA) is 129 Å². The van der Waals surface area contributed by atoms with Crippen LogP contribution in [0, 0.1) is 11.2 Å². The highest BCUT2D eigenvalue weighted by Crippen LogP contribution is 2.47. The Labute approximate surface area is 192 Å². The summed E-state index contributed by atoms with van der Waals surface area (Å²) < 4.78 is 18.4. The number of anilines is 1. The average Bonchev–Trinajstić information content (AvgIpc) is 3.50. The maximum Gasteiger partial charge on any atom is 0.313 e. The van der Waals surface area contributed by atoms with E-state index in [0.717, 1.165) is 12.8 Å². The molecular formula is C23H22FN5O5. The number of benzene rings is 1. The number of fused-ring (bicyclic) bond motifs is 1. The Morgan fingerprint density at radius 2 is 1.94 bits per heavy atom. The minimum absolute atomic E-state index is 0.0286. The molecule has 1 aromatic carbocycles. The summed E-state index contributed by atoms with van der Waals surface area (Å²) in [6.07, 6.45) is 2.92. The van der Waals surface area contributed by atoms with Crippen LogP contribution in [0.3, 0.4) is 0 Å². The third-order valence-electron chi connectivity index (χ3n) is 6.49. The largest absolute Gasteiger partial charge is 0.358 e. The highest BCUT2D eigenvalue weighted by molar-refractivity contribution is 6.39. The summed E-state index contributed by atoms with van der Waals surface area (Å²) in [5.41, 5.74) is -0.0177. The number of halogens is 1. The van der Waals surface area contributed by atoms with E-state index in [0.29, 0.717) is 12.1 Å². The molecule has 10 nitrogen and oxygen atoms in total. The lowest BCUT2D eigenvalue weighted by Crippen LogP contribution is -2.55. The molecule has 0 bridgehead atoms. The number of H-pyrrole nitrogens is 1. The van der Waals surface area contributed by atoms with Crippen molar-refractivity contribution in [2.75, 3.05) is 25.0 Å². The number of amides is 3. The van der Waals surface area contributed by atoms with Gasteiger partial charge in [0.15, 0.2) is 0 Å². The molecule has 1 atom stereocenters. The molecule has 176 valence electrons. The molecule has 0 radical (unpaired) electrons. The van der Waals surface area contributed by atoms with Crippen LogP contribution >= 0.6 is 0 Å². The second kappa shape index (κ2) is 8.08. The minimum Gasteiger partial charge on any atom is -0.358 e. The number of aromatic amines is 1. The number of piperazine rings is 1. The Kier molecular flexibility index (Phi) is 5.18. The molecule has 1 aliphatic carbocycles. The Balaban J connectivity index is 1.37. The summed E-state index contributed by atoms with van der Waals surface area (Å²) in [5.74, 6) is -2.12. The van der Waals surface area contributed by atoms with E-state index < -0.39 is 29.2 Å². The van der Waals surface area contributed by atoms with Crippen molar-refractivity contribution in [3.63, 3.8) is 0 Å². The predicted octanol–water partition coefficient (Wildman–Crippen LogP) is 1.81. The Bertz CT molecular complexity index is 1340. The van der Waals surface area contributed by atoms with Gasteiger partial charge in [-0.3, -0.25) is 19.2 Å². The van der Waals surface area contributed by atoms with Gasteiger partial charge in [0, 0.05) is 25.0 Å². The molecule has 1 saturated heterocycles. The van der Waals surface area contributed by atoms with Gasteiger partial charge >= 0.3 is 11.8 Å². The highest BCUT2D eigenvalue weighted by atomic mass is 19.1. The quantitative estimate of drug-likeness (QED) is 0.566. The summed E-state index contributed by atoms with van der Waals surface area (Å²) in [6, 6.07) is 6.41. The number of nitrogens with one attached hydrogen (secondary N) is 2. The van der Waals surface area contributed by atoms with Gasteiger partial charge in [0.1, 0.15) is 11.2 Å². The lowest BCUT2D eigenvalue weighted by atomic mass is 10.00. The number of hydrogen-bond acceptors (Lipinski definition) is 6. The van der Waals surface area contributed by atoms with Crippen LogP contribution in [0.25, 0.3) is 11.1 Å². The first-order valence-corrected chi connectivity index (χ1v) is 10.9. The van der Waals surface area contributed by atoms with Crippen LogP contribution in [-0.4, -0.2) is 57.3 Å². The van der Waals surface area contributed by atoms with Gasteiger partial charge in [-0.2, -0.15) is 5.16 Å². The molecule has 2 aliphatic rings. The SMILES string of the molecule is CC1(C(=O)N2CCN(C(=O)C(=O)Nc3cnc4o[nH]c(=O)c4c3)C(c3ccc(F)cc3)C2)CC1. The normalized spacial score (nSPS) is 19.2. The number of hydrogen-bond donors (Lipinski definition) is 2. The van der Waals surface area contributed by atoms with Crippen LogP contribution in [0.1, 0.15) is 31.4 Å². The lowest BCUT2D eigenvalue weighted by molar-refractivity contribution is -0.150. The van der Waals surface area contributed by atoms with Crippen molar-refractivity contribution in [1.82, 2.24) is 19.9 Å². The predicted molar refractivity (Wildman–Crippen MR) is 118 cm³/mol. The van der Waals surface area contributed by atoms with E-state index >= 15 is 0 Å². The van der Waals surface area contributed by atoms with Gasteiger partial charge in [-0.25, -0.2) is 9.37 Å². The van der Waals surface area contributed by atoms with Gasteiger partial charge < -0.3 is 19.6 Å². The van der Waals surface area contributed by atoms with Gasteiger partial charge in [-0.15, -0.1) is 0 Å². The molecule has 11 heteroatoms. The Hall–Kier alpha value is -4.02. The highest BCUT2D eigenvalue weighted by Gasteiger charge is 2.48. The first-order valence-electron chi connectivity index (χ1n) is 10.9. The summed E-state index contributed by atoms with van der Waals surface area (Å²) in [4.78, 5) is 57.7. The first-order chi connectivity index (χ1) is 16.2. The van der Waals surface area contributed by atoms with Gasteiger partial charge in [0.25, 0.3) is 11.3 Å². The summed E-state index contributed by atoms with van der Waals surface area (Å²) in [7, 11) is 0. The monoisotopic (exact) mass is 467 g/mol. The van der Waals surface area contributed by atoms with Gasteiger partial charge in [-0.05, 0) is 36.6 Å². The zero-order valence-electron chi connectivity index (χ0n) is 18.3. The zero-order chi connectivity index (χ0) is 24.0. The first kappa shape index (κ1) is 21.8. The Morgan fingerprint density at radius 1 is 1.21 bits per heavy atom. The smallest absolute Gasteiger partial charge is 0.313 e. The molecule has 1 aliphatic heterocycles. The van der Waals surface area contributed by atoms with Gasteiger partial charge in [0.05, 0.1) is 17.9 Å². The van der Waals surface area contributed by atoms with Gasteiger partial charge in [-0.1, -0.05) is 19.1 Å². The summed E-state index contributed by atoms with van der Waals surface area (Å²) in [5, 5.41) is 4.75. The second-order valence-corrected chi connectivity index (χ2v) is 8.94. The van der Waals surface area contributed by atoms with E-state index in [9.17, 15) is 23.6 Å². The van der Waals surface area contributed by atoms with Crippen LogP contribution in [0.15, 0.2) is 45.8 Å². The standard InChI is InChI=1S/C23H22FN5O5/c1-23(6-7-23)22(33)28-8-9-29(17(12-28)13-2-4-14(24)5-3-13)21(32)19(31)26-15-10-16-18(30)27-34-20(16)25-11-15/h2-5,10-11,17H,6-9,12H2,1H3,(H,26,31)(H,27,30). The molecule has 2 aromatic heterocycles. The molecule has 1 unspecified atom stereocenters. The molecule has 2 fully saturated rings. The molecular weight excluding hydrogens is 445 g/mol. The van der Waals surface area contributed by atoms with Crippen molar-refractivity contribution in [3.05, 3.63) is 58.3 Å². The van der Waals surface area contributed by atoms with E-state index in [2.05, 4.69) is 15.5 Å². The van der Waals surface area contributed by atoms with E-state index in [1.54, 1.807) is 17.0 Å². The van der Waals surface area contributed by atoms with Crippen molar-refractivity contribution in [3.8, 4) is 0 Å².